The van der Waals surface area contributed by atoms with Crippen molar-refractivity contribution >= 4 is 39.5 Å². The van der Waals surface area contributed by atoms with Gasteiger partial charge in [-0.1, -0.05) is 269 Å². The average Bonchev–Trinajstić information content (AvgIpc) is 0.931. The molecule has 19 heteroatoms. The molecule has 0 aromatic heterocycles. The molecule has 0 aliphatic carbocycles. The van der Waals surface area contributed by atoms with Crippen molar-refractivity contribution in [2.45, 2.75) is 316 Å². The van der Waals surface area contributed by atoms with Gasteiger partial charge in [0, 0.05) is 25.7 Å². The SMILES string of the molecule is CC/C=C\C/C=C\C/C=C\C/C=C\CCCCCCCCC(=O)OCC(COP(=O)(O)OCC(O)COP(=O)(O)OCC(COC(=O)CCCCCC/C=C\C/C=C\C/C=C\C/C=C\CC)OC(=O)CCCCCC/C=C\C/C=C\C/C=C\C/C=C\CC)OC(=O)CCCCCCC/C=C\CCCC. The molecule has 5 atom stereocenters. The number of hydrogen-bond acceptors (Lipinski definition) is 15. The molecule has 0 aromatic carbocycles. The fraction of sp³-hybridized carbons (Fsp3) is 0.647. The van der Waals surface area contributed by atoms with Crippen LogP contribution in [-0.2, 0) is 65.4 Å². The van der Waals surface area contributed by atoms with Crippen LogP contribution in [0.2, 0.25) is 0 Å². The minimum atomic E-state index is -5.00. The maximum absolute atomic E-state index is 13.1. The molecule has 592 valence electrons. The normalized spacial score (nSPS) is 14.7. The molecule has 0 aromatic rings. The highest BCUT2D eigenvalue weighted by Gasteiger charge is 2.30. The number of aliphatic hydroxyl groups excluding tert-OH is 1. The number of carbonyl (C=O) groups excluding carboxylic acids is 4. The first kappa shape index (κ1) is 98.7. The van der Waals surface area contributed by atoms with E-state index >= 15 is 0 Å². The maximum atomic E-state index is 13.1. The third-order valence-corrected chi connectivity index (χ3v) is 17.9. The first-order valence-corrected chi connectivity index (χ1v) is 42.7. The Labute approximate surface area is 629 Å². The molecule has 0 rings (SSSR count). The zero-order valence-corrected chi connectivity index (χ0v) is 66.4. The number of phosphoric acid groups is 2. The van der Waals surface area contributed by atoms with Crippen LogP contribution in [0.4, 0.5) is 0 Å². The van der Waals surface area contributed by atoms with Crippen molar-refractivity contribution in [1.82, 2.24) is 0 Å². The van der Waals surface area contributed by atoms with Crippen molar-refractivity contribution in [3.05, 3.63) is 158 Å². The van der Waals surface area contributed by atoms with Gasteiger partial charge in [0.25, 0.3) is 0 Å². The van der Waals surface area contributed by atoms with Gasteiger partial charge in [-0.15, -0.1) is 0 Å². The Morgan fingerprint density at radius 2 is 0.500 bits per heavy atom. The van der Waals surface area contributed by atoms with Gasteiger partial charge in [-0.3, -0.25) is 37.3 Å². The number of carbonyl (C=O) groups is 4. The Balaban J connectivity index is 5.39. The lowest BCUT2D eigenvalue weighted by atomic mass is 10.1. The van der Waals surface area contributed by atoms with E-state index in [1.807, 2.05) is 0 Å². The molecule has 0 aliphatic rings. The van der Waals surface area contributed by atoms with Gasteiger partial charge in [0.2, 0.25) is 0 Å². The van der Waals surface area contributed by atoms with E-state index in [0.717, 1.165) is 205 Å². The summed E-state index contributed by atoms with van der Waals surface area (Å²) in [5.41, 5.74) is 0. The van der Waals surface area contributed by atoms with E-state index in [4.69, 9.17) is 37.0 Å². The molecule has 3 N–H and O–H groups in total. The summed E-state index contributed by atoms with van der Waals surface area (Å²) in [7, 11) is -9.99. The van der Waals surface area contributed by atoms with E-state index in [1.54, 1.807) is 0 Å². The Morgan fingerprint density at radius 1 is 0.279 bits per heavy atom. The highest BCUT2D eigenvalue weighted by atomic mass is 31.2. The lowest BCUT2D eigenvalue weighted by Gasteiger charge is -2.21. The molecule has 0 saturated carbocycles. The van der Waals surface area contributed by atoms with Crippen molar-refractivity contribution in [3.8, 4) is 0 Å². The molecule has 0 radical (unpaired) electrons. The molecule has 0 bridgehead atoms. The van der Waals surface area contributed by atoms with Crippen LogP contribution in [0.5, 0.6) is 0 Å². The number of rotatable bonds is 73. The number of ether oxygens (including phenoxy) is 4. The van der Waals surface area contributed by atoms with Crippen LogP contribution >= 0.6 is 15.6 Å². The second kappa shape index (κ2) is 75.9. The first-order chi connectivity index (χ1) is 50.7. The molecule has 0 aliphatic heterocycles. The largest absolute Gasteiger partial charge is 0.472 e. The van der Waals surface area contributed by atoms with Gasteiger partial charge in [0.15, 0.2) is 12.2 Å². The summed E-state index contributed by atoms with van der Waals surface area (Å²) >= 11 is 0. The van der Waals surface area contributed by atoms with Crippen LogP contribution in [0.15, 0.2) is 158 Å². The van der Waals surface area contributed by atoms with Crippen LogP contribution < -0.4 is 0 Å². The number of phosphoric ester groups is 2. The number of unbranched alkanes of at least 4 members (excludes halogenated alkanes) is 21. The number of allylic oxidation sites excluding steroid dienone is 26. The molecule has 0 amide bonds. The summed E-state index contributed by atoms with van der Waals surface area (Å²) in [6.45, 7) is 4.41. The predicted molar refractivity (Wildman–Crippen MR) is 427 cm³/mol. The highest BCUT2D eigenvalue weighted by molar-refractivity contribution is 7.47. The van der Waals surface area contributed by atoms with Gasteiger partial charge >= 0.3 is 39.5 Å². The summed E-state index contributed by atoms with van der Waals surface area (Å²) in [5, 5.41) is 10.6. The second-order valence-corrected chi connectivity index (χ2v) is 28.8. The molecule has 104 heavy (non-hydrogen) atoms. The summed E-state index contributed by atoms with van der Waals surface area (Å²) in [5.74, 6) is -2.26. The van der Waals surface area contributed by atoms with Gasteiger partial charge in [0.1, 0.15) is 19.3 Å². The van der Waals surface area contributed by atoms with Crippen molar-refractivity contribution in [2.75, 3.05) is 39.6 Å². The quantitative estimate of drug-likeness (QED) is 0.0169. The molecule has 17 nitrogen and oxygen atoms in total. The van der Waals surface area contributed by atoms with E-state index in [1.165, 1.54) is 12.8 Å². The fourth-order valence-corrected chi connectivity index (χ4v) is 11.6. The zero-order chi connectivity index (χ0) is 76.0. The van der Waals surface area contributed by atoms with Gasteiger partial charge in [-0.2, -0.15) is 0 Å². The lowest BCUT2D eigenvalue weighted by molar-refractivity contribution is -0.161. The standard InChI is InChI=1S/C85H140O17P2/c1-5-9-13-17-21-25-29-32-35-38-39-42-44-47-51-54-58-62-66-70-82(87)95-75-80(101-84(89)71-67-63-59-55-49-28-24-20-16-12-8-4)77-99-103(91,92)97-73-79(86)74-98-104(93,94)100-78-81(102-85(90)72-68-64-60-56-52-48-45-41-37-34-31-27-23-19-15-11-7-3)76-96-83(88)69-65-61-57-53-50-46-43-40-36-33-30-26-22-18-14-10-6-2/h9-11,13-15,20-27,32-37,39,42-43,45-46,48,79-81,86H,5-8,12,16-19,28-31,38,40-41,44,47,49-78H2,1-4H3,(H,91,92)(H,93,94)/b13-9-,14-10-,15-11-,24-20-,25-21-,26-22-,27-23-,35-32-,36-33-,37-34-,42-39-,46-43-,48-45-. The summed E-state index contributed by atoms with van der Waals surface area (Å²) in [6.07, 6.45) is 88.0. The van der Waals surface area contributed by atoms with Crippen molar-refractivity contribution in [1.29, 1.82) is 0 Å². The molecule has 0 fully saturated rings. The molecular weight excluding hydrogens is 1350 g/mol. The Morgan fingerprint density at radius 3 is 0.779 bits per heavy atom. The first-order valence-electron chi connectivity index (χ1n) is 39.7. The summed E-state index contributed by atoms with van der Waals surface area (Å²) < 4.78 is 68.5. The molecule has 5 unspecified atom stereocenters. The second-order valence-electron chi connectivity index (χ2n) is 25.9. The van der Waals surface area contributed by atoms with Gasteiger partial charge in [0.05, 0.1) is 26.4 Å². The van der Waals surface area contributed by atoms with Crippen LogP contribution in [0, 0.1) is 0 Å². The third-order valence-electron chi connectivity index (χ3n) is 16.0. The Kier molecular flexibility index (Phi) is 72.0. The van der Waals surface area contributed by atoms with Crippen molar-refractivity contribution in [3.63, 3.8) is 0 Å². The third kappa shape index (κ3) is 74.9. The van der Waals surface area contributed by atoms with Gasteiger partial charge < -0.3 is 33.8 Å². The molecule has 0 heterocycles. The average molecular weight is 1500 g/mol. The minimum Gasteiger partial charge on any atom is -0.462 e. The molecule has 0 spiro atoms. The summed E-state index contributed by atoms with van der Waals surface area (Å²) in [6, 6.07) is 0. The van der Waals surface area contributed by atoms with Crippen LogP contribution in [0.25, 0.3) is 0 Å². The number of aliphatic hydroxyl groups is 1. The van der Waals surface area contributed by atoms with Crippen molar-refractivity contribution in [2.24, 2.45) is 0 Å². The highest BCUT2D eigenvalue weighted by Crippen LogP contribution is 2.45. The maximum Gasteiger partial charge on any atom is 0.472 e. The van der Waals surface area contributed by atoms with E-state index in [-0.39, 0.29) is 25.7 Å². The van der Waals surface area contributed by atoms with Crippen molar-refractivity contribution < 1.29 is 80.2 Å². The monoisotopic (exact) mass is 1490 g/mol. The fourth-order valence-electron chi connectivity index (χ4n) is 10.00. The Bertz CT molecular complexity index is 2590. The van der Waals surface area contributed by atoms with Gasteiger partial charge in [-0.05, 0) is 161 Å². The van der Waals surface area contributed by atoms with E-state index in [2.05, 4.69) is 186 Å². The van der Waals surface area contributed by atoms with E-state index in [0.29, 0.717) is 25.7 Å². The smallest absolute Gasteiger partial charge is 0.462 e. The topological polar surface area (TPSA) is 237 Å². The summed E-state index contributed by atoms with van der Waals surface area (Å²) in [4.78, 5) is 73.0. The molecular formula is C85H140O17P2. The zero-order valence-electron chi connectivity index (χ0n) is 64.6. The number of hydrogen-bond donors (Lipinski definition) is 3. The van der Waals surface area contributed by atoms with Gasteiger partial charge in [-0.25, -0.2) is 9.13 Å². The predicted octanol–water partition coefficient (Wildman–Crippen LogP) is 23.2. The van der Waals surface area contributed by atoms with Crippen LogP contribution in [-0.4, -0.2) is 96.7 Å². The molecule has 0 saturated heterocycles. The lowest BCUT2D eigenvalue weighted by Crippen LogP contribution is -2.30. The van der Waals surface area contributed by atoms with E-state index < -0.39 is 97.5 Å². The van der Waals surface area contributed by atoms with Crippen LogP contribution in [0.3, 0.4) is 0 Å². The number of esters is 4. The minimum absolute atomic E-state index is 0.0559. The Hall–Kier alpha value is -5.32. The van der Waals surface area contributed by atoms with Crippen LogP contribution in [0.1, 0.15) is 297 Å². The van der Waals surface area contributed by atoms with E-state index in [9.17, 15) is 43.2 Å².